The molecule has 2 aliphatic carbocycles. The Labute approximate surface area is 125 Å². The Morgan fingerprint density at radius 3 is 2.60 bits per heavy atom. The van der Waals surface area contributed by atoms with Gasteiger partial charge in [0.05, 0.1) is 0 Å². The second-order valence-corrected chi connectivity index (χ2v) is 7.84. The summed E-state index contributed by atoms with van der Waals surface area (Å²) in [6, 6.07) is 0.728. The second-order valence-electron chi connectivity index (χ2n) is 7.84. The molecule has 2 unspecified atom stereocenters. The molecule has 1 saturated heterocycles. The second kappa shape index (κ2) is 6.36. The van der Waals surface area contributed by atoms with Gasteiger partial charge in [-0.15, -0.1) is 0 Å². The fraction of sp³-hybridized carbons (Fsp3) is 1.00. The van der Waals surface area contributed by atoms with Crippen molar-refractivity contribution in [2.75, 3.05) is 19.6 Å². The van der Waals surface area contributed by atoms with Crippen LogP contribution in [-0.4, -0.2) is 36.1 Å². The summed E-state index contributed by atoms with van der Waals surface area (Å²) in [4.78, 5) is 2.93. The SMILES string of the molecule is CCC(C)C1CN(CCC2CC2)C2(CCCCC2)CN1. The molecule has 0 aromatic heterocycles. The molecule has 0 bridgehead atoms. The molecule has 0 radical (unpaired) electrons. The average molecular weight is 278 g/mol. The zero-order chi connectivity index (χ0) is 14.0. The van der Waals surface area contributed by atoms with Crippen LogP contribution < -0.4 is 5.32 Å². The highest BCUT2D eigenvalue weighted by atomic mass is 15.3. The van der Waals surface area contributed by atoms with Gasteiger partial charge < -0.3 is 5.32 Å². The van der Waals surface area contributed by atoms with E-state index in [4.69, 9.17) is 0 Å². The first kappa shape index (κ1) is 14.8. The van der Waals surface area contributed by atoms with Crippen molar-refractivity contribution in [1.82, 2.24) is 10.2 Å². The van der Waals surface area contributed by atoms with E-state index in [0.717, 1.165) is 17.9 Å². The third-order valence-electron chi connectivity index (χ3n) is 6.40. The van der Waals surface area contributed by atoms with Crippen LogP contribution in [0.25, 0.3) is 0 Å². The van der Waals surface area contributed by atoms with E-state index < -0.39 is 0 Å². The molecule has 2 nitrogen and oxygen atoms in total. The van der Waals surface area contributed by atoms with Crippen LogP contribution in [0.4, 0.5) is 0 Å². The van der Waals surface area contributed by atoms with Crippen LogP contribution in [0.1, 0.15) is 71.6 Å². The molecule has 20 heavy (non-hydrogen) atoms. The zero-order valence-electron chi connectivity index (χ0n) is 13.7. The average Bonchev–Trinajstić information content (AvgIpc) is 3.31. The van der Waals surface area contributed by atoms with Crippen molar-refractivity contribution >= 4 is 0 Å². The Balaban J connectivity index is 1.65. The predicted molar refractivity (Wildman–Crippen MR) is 86.0 cm³/mol. The fourth-order valence-corrected chi connectivity index (χ4v) is 4.37. The smallest absolute Gasteiger partial charge is 0.0334 e. The molecule has 0 aromatic carbocycles. The fourth-order valence-electron chi connectivity index (χ4n) is 4.37. The van der Waals surface area contributed by atoms with Crippen molar-refractivity contribution in [3.63, 3.8) is 0 Å². The van der Waals surface area contributed by atoms with Crippen LogP contribution in [0.5, 0.6) is 0 Å². The molecule has 2 atom stereocenters. The van der Waals surface area contributed by atoms with Crippen LogP contribution in [0, 0.1) is 11.8 Å². The van der Waals surface area contributed by atoms with Crippen LogP contribution >= 0.6 is 0 Å². The van der Waals surface area contributed by atoms with Crippen LogP contribution in [0.2, 0.25) is 0 Å². The highest BCUT2D eigenvalue weighted by molar-refractivity contribution is 5.01. The van der Waals surface area contributed by atoms with Crippen molar-refractivity contribution in [3.05, 3.63) is 0 Å². The highest BCUT2D eigenvalue weighted by Gasteiger charge is 2.43. The lowest BCUT2D eigenvalue weighted by atomic mass is 9.77. The summed E-state index contributed by atoms with van der Waals surface area (Å²) in [5.41, 5.74) is 0.525. The quantitative estimate of drug-likeness (QED) is 0.822. The number of rotatable bonds is 5. The largest absolute Gasteiger partial charge is 0.311 e. The molecule has 3 rings (SSSR count). The molecule has 2 heteroatoms. The number of hydrogen-bond acceptors (Lipinski definition) is 2. The Morgan fingerprint density at radius 2 is 1.95 bits per heavy atom. The van der Waals surface area contributed by atoms with Gasteiger partial charge >= 0.3 is 0 Å². The van der Waals surface area contributed by atoms with Gasteiger partial charge in [-0.1, -0.05) is 52.4 Å². The monoisotopic (exact) mass is 278 g/mol. The molecule has 1 spiro atoms. The molecule has 1 N–H and O–H groups in total. The topological polar surface area (TPSA) is 15.3 Å². The lowest BCUT2D eigenvalue weighted by Crippen LogP contribution is -2.66. The molecule has 3 aliphatic rings. The summed E-state index contributed by atoms with van der Waals surface area (Å²) in [5.74, 6) is 1.90. The Kier molecular flexibility index (Phi) is 4.72. The molecular weight excluding hydrogens is 244 g/mol. The molecule has 2 saturated carbocycles. The summed E-state index contributed by atoms with van der Waals surface area (Å²) in [6.45, 7) is 8.70. The standard InChI is InChI=1S/C18H34N2/c1-3-15(2)17-13-20(12-9-16-7-8-16)18(14-19-17)10-5-4-6-11-18/h15-17,19H,3-14H2,1-2H3. The summed E-state index contributed by atoms with van der Waals surface area (Å²) in [5, 5.41) is 3.92. The van der Waals surface area contributed by atoms with E-state index in [1.54, 1.807) is 0 Å². The first-order valence-corrected chi connectivity index (χ1v) is 9.22. The zero-order valence-corrected chi connectivity index (χ0v) is 13.7. The molecule has 1 aliphatic heterocycles. The molecule has 116 valence electrons. The lowest BCUT2D eigenvalue weighted by molar-refractivity contribution is -0.00115. The summed E-state index contributed by atoms with van der Waals surface area (Å²) in [7, 11) is 0. The number of nitrogens with one attached hydrogen (secondary N) is 1. The maximum Gasteiger partial charge on any atom is 0.0334 e. The van der Waals surface area contributed by atoms with Gasteiger partial charge in [-0.3, -0.25) is 4.90 Å². The van der Waals surface area contributed by atoms with E-state index in [-0.39, 0.29) is 0 Å². The summed E-state index contributed by atoms with van der Waals surface area (Å²) < 4.78 is 0. The predicted octanol–water partition coefficient (Wildman–Crippen LogP) is 3.81. The third-order valence-corrected chi connectivity index (χ3v) is 6.40. The third kappa shape index (κ3) is 3.22. The Morgan fingerprint density at radius 1 is 1.20 bits per heavy atom. The molecule has 0 aromatic rings. The lowest BCUT2D eigenvalue weighted by Gasteiger charge is -2.53. The van der Waals surface area contributed by atoms with Crippen molar-refractivity contribution < 1.29 is 0 Å². The maximum atomic E-state index is 3.92. The molecular formula is C18H34N2. The minimum atomic E-state index is 0.525. The van der Waals surface area contributed by atoms with Gasteiger partial charge in [0.1, 0.15) is 0 Å². The van der Waals surface area contributed by atoms with Gasteiger partial charge in [0, 0.05) is 24.7 Å². The van der Waals surface area contributed by atoms with E-state index in [9.17, 15) is 0 Å². The van der Waals surface area contributed by atoms with Gasteiger partial charge in [-0.05, 0) is 37.6 Å². The van der Waals surface area contributed by atoms with E-state index >= 15 is 0 Å². The number of piperazine rings is 1. The van der Waals surface area contributed by atoms with Crippen LogP contribution in [0.15, 0.2) is 0 Å². The first-order chi connectivity index (χ1) is 9.73. The van der Waals surface area contributed by atoms with Gasteiger partial charge in [0.25, 0.3) is 0 Å². The van der Waals surface area contributed by atoms with Crippen molar-refractivity contribution in [2.45, 2.75) is 83.2 Å². The van der Waals surface area contributed by atoms with Crippen LogP contribution in [-0.2, 0) is 0 Å². The van der Waals surface area contributed by atoms with E-state index in [1.807, 2.05) is 0 Å². The molecule has 1 heterocycles. The van der Waals surface area contributed by atoms with Crippen molar-refractivity contribution in [3.8, 4) is 0 Å². The van der Waals surface area contributed by atoms with Crippen molar-refractivity contribution in [1.29, 1.82) is 0 Å². The minimum absolute atomic E-state index is 0.525. The summed E-state index contributed by atoms with van der Waals surface area (Å²) >= 11 is 0. The Hall–Kier alpha value is -0.0800. The molecule has 0 amide bonds. The summed E-state index contributed by atoms with van der Waals surface area (Å²) in [6.07, 6.45) is 13.0. The minimum Gasteiger partial charge on any atom is -0.311 e. The van der Waals surface area contributed by atoms with Gasteiger partial charge in [-0.2, -0.15) is 0 Å². The molecule has 3 fully saturated rings. The van der Waals surface area contributed by atoms with Crippen LogP contribution in [0.3, 0.4) is 0 Å². The normalized spacial score (nSPS) is 32.4. The Bertz CT molecular complexity index is 305. The maximum absolute atomic E-state index is 3.92. The van der Waals surface area contributed by atoms with E-state index in [1.165, 1.54) is 77.4 Å². The highest BCUT2D eigenvalue weighted by Crippen LogP contribution is 2.38. The van der Waals surface area contributed by atoms with Gasteiger partial charge in [-0.25, -0.2) is 0 Å². The van der Waals surface area contributed by atoms with Crippen molar-refractivity contribution in [2.24, 2.45) is 11.8 Å². The number of nitrogens with zero attached hydrogens (tertiary/aromatic N) is 1. The van der Waals surface area contributed by atoms with Gasteiger partial charge in [0.2, 0.25) is 0 Å². The van der Waals surface area contributed by atoms with E-state index in [2.05, 4.69) is 24.1 Å². The first-order valence-electron chi connectivity index (χ1n) is 9.22. The van der Waals surface area contributed by atoms with E-state index in [0.29, 0.717) is 5.54 Å². The van der Waals surface area contributed by atoms with Gasteiger partial charge in [0.15, 0.2) is 0 Å². The number of hydrogen-bond donors (Lipinski definition) is 1.